The van der Waals surface area contributed by atoms with Crippen LogP contribution in [-0.4, -0.2) is 20.3 Å². The molecule has 0 bridgehead atoms. The lowest BCUT2D eigenvalue weighted by atomic mass is 10.1. The third-order valence-electron chi connectivity index (χ3n) is 6.18. The van der Waals surface area contributed by atoms with Crippen LogP contribution in [0.25, 0.3) is 28.2 Å². The number of halogens is 1. The largest absolute Gasteiger partial charge is 0.303 e. The van der Waals surface area contributed by atoms with E-state index in [0.717, 1.165) is 33.7 Å². The maximum Gasteiger partial charge on any atom is 0.232 e. The molecule has 176 valence electrons. The minimum absolute atomic E-state index is 0.106. The molecule has 0 unspecified atom stereocenters. The number of rotatable bonds is 5. The molecule has 2 aromatic carbocycles. The van der Waals surface area contributed by atoms with Crippen LogP contribution in [0.4, 0.5) is 9.52 Å². The van der Waals surface area contributed by atoms with E-state index >= 15 is 0 Å². The third-order valence-corrected chi connectivity index (χ3v) is 6.94. The molecule has 0 saturated heterocycles. The van der Waals surface area contributed by atoms with Gasteiger partial charge in [-0.2, -0.15) is 0 Å². The highest BCUT2D eigenvalue weighted by Gasteiger charge is 2.19. The summed E-state index contributed by atoms with van der Waals surface area (Å²) in [5.74, 6) is -0.453. The molecule has 0 saturated carbocycles. The Morgan fingerprint density at radius 3 is 2.49 bits per heavy atom. The zero-order valence-electron chi connectivity index (χ0n) is 20.0. The van der Waals surface area contributed by atoms with Crippen LogP contribution in [-0.2, 0) is 11.2 Å². The lowest BCUT2D eigenvalue weighted by Gasteiger charge is -2.07. The van der Waals surface area contributed by atoms with Crippen molar-refractivity contribution in [1.29, 1.82) is 0 Å². The van der Waals surface area contributed by atoms with Crippen molar-refractivity contribution in [3.63, 3.8) is 0 Å². The molecule has 0 aliphatic carbocycles. The molecule has 35 heavy (non-hydrogen) atoms. The molecule has 0 fully saturated rings. The number of fused-ring (bicyclic) bond motifs is 1. The lowest BCUT2D eigenvalue weighted by molar-refractivity contribution is -0.115. The number of pyridine rings is 1. The number of carbonyl (C=O) groups is 1. The van der Waals surface area contributed by atoms with Gasteiger partial charge in [-0.25, -0.2) is 14.4 Å². The molecule has 0 aliphatic rings. The number of nitrogens with zero attached hydrogens (tertiary/aromatic N) is 3. The Balaban J connectivity index is 1.44. The highest BCUT2D eigenvalue weighted by atomic mass is 32.1. The fourth-order valence-corrected chi connectivity index (χ4v) is 4.81. The van der Waals surface area contributed by atoms with Gasteiger partial charge >= 0.3 is 0 Å². The van der Waals surface area contributed by atoms with Gasteiger partial charge in [0.2, 0.25) is 5.91 Å². The molecule has 7 heteroatoms. The van der Waals surface area contributed by atoms with Crippen molar-refractivity contribution in [2.45, 2.75) is 34.1 Å². The summed E-state index contributed by atoms with van der Waals surface area (Å²) < 4.78 is 15.8. The number of anilines is 1. The molecule has 0 aliphatic heterocycles. The topological polar surface area (TPSA) is 59.3 Å². The SMILES string of the molecule is Cc1ccc2nc(-c3ccc(F)c(C)c3)c(CC(=O)Nc3nc(-c4ccc(C)c(C)c4)cs3)n2c1. The Labute approximate surface area is 207 Å². The summed E-state index contributed by atoms with van der Waals surface area (Å²) in [5.41, 5.74) is 8.81. The van der Waals surface area contributed by atoms with Gasteiger partial charge in [-0.1, -0.05) is 18.2 Å². The van der Waals surface area contributed by atoms with Gasteiger partial charge in [-0.15, -0.1) is 11.3 Å². The van der Waals surface area contributed by atoms with E-state index in [0.29, 0.717) is 16.4 Å². The Bertz CT molecular complexity index is 1580. The van der Waals surface area contributed by atoms with Crippen molar-refractivity contribution >= 4 is 28.0 Å². The first-order chi connectivity index (χ1) is 16.8. The standard InChI is InChI=1S/C28H25FN4OS/c1-16-5-10-25-31-27(21-8-9-22(29)19(4)12-21)24(33(25)14-16)13-26(34)32-28-30-23(15-35-28)20-7-6-17(2)18(3)11-20/h5-12,14-15H,13H2,1-4H3,(H,30,32,34). The summed E-state index contributed by atoms with van der Waals surface area (Å²) >= 11 is 1.40. The van der Waals surface area contributed by atoms with Crippen LogP contribution in [0.1, 0.15) is 27.9 Å². The average molecular weight is 485 g/mol. The number of carbonyl (C=O) groups excluding carboxylic acids is 1. The fraction of sp³-hybridized carbons (Fsp3) is 0.179. The van der Waals surface area contributed by atoms with Crippen LogP contribution in [0.5, 0.6) is 0 Å². The second-order valence-corrected chi connectivity index (χ2v) is 9.73. The van der Waals surface area contributed by atoms with Gasteiger partial charge in [0.25, 0.3) is 0 Å². The molecule has 0 radical (unpaired) electrons. The average Bonchev–Trinajstić information content (AvgIpc) is 3.42. The number of aryl methyl sites for hydroxylation is 4. The Hall–Kier alpha value is -3.84. The van der Waals surface area contributed by atoms with Gasteiger partial charge in [-0.3, -0.25) is 4.79 Å². The minimum Gasteiger partial charge on any atom is -0.303 e. The van der Waals surface area contributed by atoms with Gasteiger partial charge in [0.1, 0.15) is 11.5 Å². The van der Waals surface area contributed by atoms with Gasteiger partial charge in [0.15, 0.2) is 5.13 Å². The van der Waals surface area contributed by atoms with E-state index in [1.54, 1.807) is 19.1 Å². The highest BCUT2D eigenvalue weighted by Crippen LogP contribution is 2.29. The Kier molecular flexibility index (Phi) is 5.94. The normalized spacial score (nSPS) is 11.2. The number of thiazole rings is 1. The van der Waals surface area contributed by atoms with Crippen LogP contribution in [0, 0.1) is 33.5 Å². The van der Waals surface area contributed by atoms with E-state index in [9.17, 15) is 9.18 Å². The molecule has 5 aromatic rings. The summed E-state index contributed by atoms with van der Waals surface area (Å²) in [5, 5.41) is 5.44. The first kappa shape index (κ1) is 22.9. The van der Waals surface area contributed by atoms with E-state index in [1.165, 1.54) is 28.5 Å². The van der Waals surface area contributed by atoms with Gasteiger partial charge in [-0.05, 0) is 80.3 Å². The smallest absolute Gasteiger partial charge is 0.232 e. The van der Waals surface area contributed by atoms with Crippen LogP contribution in [0.15, 0.2) is 60.1 Å². The number of aromatic nitrogens is 3. The monoisotopic (exact) mass is 484 g/mol. The van der Waals surface area contributed by atoms with Gasteiger partial charge in [0.05, 0.1) is 23.5 Å². The molecule has 3 aromatic heterocycles. The summed E-state index contributed by atoms with van der Waals surface area (Å²) in [7, 11) is 0. The fourth-order valence-electron chi connectivity index (χ4n) is 4.07. The maximum atomic E-state index is 13.9. The number of nitrogens with one attached hydrogen (secondary N) is 1. The quantitative estimate of drug-likeness (QED) is 0.303. The van der Waals surface area contributed by atoms with Crippen molar-refractivity contribution in [3.05, 3.63) is 93.9 Å². The number of amides is 1. The highest BCUT2D eigenvalue weighted by molar-refractivity contribution is 7.14. The molecule has 1 N–H and O–H groups in total. The van der Waals surface area contributed by atoms with Crippen molar-refractivity contribution in [1.82, 2.24) is 14.4 Å². The molecule has 3 heterocycles. The van der Waals surface area contributed by atoms with Crippen molar-refractivity contribution in [2.24, 2.45) is 0 Å². The molecular formula is C28H25FN4OS. The summed E-state index contributed by atoms with van der Waals surface area (Å²) in [6, 6.07) is 15.0. The van der Waals surface area contributed by atoms with E-state index in [4.69, 9.17) is 4.98 Å². The first-order valence-corrected chi connectivity index (χ1v) is 12.2. The van der Waals surface area contributed by atoms with Crippen molar-refractivity contribution in [2.75, 3.05) is 5.32 Å². The molecule has 5 nitrogen and oxygen atoms in total. The van der Waals surface area contributed by atoms with Gasteiger partial charge < -0.3 is 9.72 Å². The number of hydrogen-bond acceptors (Lipinski definition) is 4. The second-order valence-electron chi connectivity index (χ2n) is 8.87. The van der Waals surface area contributed by atoms with Crippen LogP contribution in [0.2, 0.25) is 0 Å². The van der Waals surface area contributed by atoms with Gasteiger partial charge in [0, 0.05) is 22.7 Å². The third kappa shape index (κ3) is 4.59. The van der Waals surface area contributed by atoms with E-state index in [-0.39, 0.29) is 18.1 Å². The van der Waals surface area contributed by atoms with E-state index in [2.05, 4.69) is 36.3 Å². The summed E-state index contributed by atoms with van der Waals surface area (Å²) in [6.07, 6.45) is 2.07. The number of benzene rings is 2. The summed E-state index contributed by atoms with van der Waals surface area (Å²) in [6.45, 7) is 7.87. The van der Waals surface area contributed by atoms with Crippen LogP contribution >= 0.6 is 11.3 Å². The molecule has 0 atom stereocenters. The number of hydrogen-bond donors (Lipinski definition) is 1. The maximum absolute atomic E-state index is 13.9. The molecule has 5 rings (SSSR count). The van der Waals surface area contributed by atoms with Crippen LogP contribution < -0.4 is 5.32 Å². The molecular weight excluding hydrogens is 459 g/mol. The lowest BCUT2D eigenvalue weighted by Crippen LogP contribution is -2.16. The predicted molar refractivity (Wildman–Crippen MR) is 139 cm³/mol. The van der Waals surface area contributed by atoms with Crippen molar-refractivity contribution in [3.8, 4) is 22.5 Å². The van der Waals surface area contributed by atoms with Crippen molar-refractivity contribution < 1.29 is 9.18 Å². The Morgan fingerprint density at radius 1 is 0.943 bits per heavy atom. The zero-order chi connectivity index (χ0) is 24.7. The second kappa shape index (κ2) is 9.07. The minimum atomic E-state index is -0.268. The van der Waals surface area contributed by atoms with Crippen LogP contribution in [0.3, 0.4) is 0 Å². The first-order valence-electron chi connectivity index (χ1n) is 11.4. The molecule has 1 amide bonds. The van der Waals surface area contributed by atoms with E-state index in [1.807, 2.05) is 41.1 Å². The summed E-state index contributed by atoms with van der Waals surface area (Å²) in [4.78, 5) is 22.5. The van der Waals surface area contributed by atoms with E-state index < -0.39 is 0 Å². The number of imidazole rings is 1. The Morgan fingerprint density at radius 2 is 1.71 bits per heavy atom. The predicted octanol–water partition coefficient (Wildman–Crippen LogP) is 6.68. The molecule has 0 spiro atoms. The zero-order valence-corrected chi connectivity index (χ0v) is 20.8.